The van der Waals surface area contributed by atoms with E-state index < -0.39 is 0 Å². The minimum Gasteiger partial charge on any atom is -0.463 e. The lowest BCUT2D eigenvalue weighted by Crippen LogP contribution is -2.24. The Labute approximate surface area is 108 Å². The number of hydrogen-bond donors (Lipinski definition) is 0. The Morgan fingerprint density at radius 1 is 1.50 bits per heavy atom. The summed E-state index contributed by atoms with van der Waals surface area (Å²) in [7, 11) is 1.93. The summed E-state index contributed by atoms with van der Waals surface area (Å²) in [4.78, 5) is 17.8. The summed E-state index contributed by atoms with van der Waals surface area (Å²) < 4.78 is 4.89. The molecule has 0 amide bonds. The molecule has 1 aromatic rings. The molecule has 0 aromatic carbocycles. The van der Waals surface area contributed by atoms with Gasteiger partial charge in [-0.25, -0.2) is 4.79 Å². The Hall–Kier alpha value is -1.68. The third-order valence-corrected chi connectivity index (χ3v) is 2.40. The summed E-state index contributed by atoms with van der Waals surface area (Å²) in [6.07, 6.45) is 0. The fraction of sp³-hybridized carbons (Fsp3) is 0.429. The van der Waals surface area contributed by atoms with Crippen LogP contribution in [0.4, 0.5) is 0 Å². The van der Waals surface area contributed by atoms with E-state index in [4.69, 9.17) is 4.74 Å². The molecule has 0 N–H and O–H groups in total. The van der Waals surface area contributed by atoms with Crippen LogP contribution in [-0.2, 0) is 16.1 Å². The molecule has 4 heteroatoms. The third kappa shape index (κ3) is 4.67. The average Bonchev–Trinajstić information content (AvgIpc) is 2.28. The summed E-state index contributed by atoms with van der Waals surface area (Å²) in [5.41, 5.74) is 2.44. The van der Waals surface area contributed by atoms with Crippen molar-refractivity contribution in [2.24, 2.45) is 0 Å². The van der Waals surface area contributed by atoms with Gasteiger partial charge in [0.25, 0.3) is 0 Å². The number of ether oxygens (including phenoxy) is 1. The quantitative estimate of drug-likeness (QED) is 0.570. The predicted molar refractivity (Wildman–Crippen MR) is 71.1 cm³/mol. The maximum Gasteiger partial charge on any atom is 0.334 e. The molecule has 0 unspecified atom stereocenters. The zero-order chi connectivity index (χ0) is 13.5. The normalized spacial score (nSPS) is 10.4. The van der Waals surface area contributed by atoms with Crippen LogP contribution in [0.5, 0.6) is 0 Å². The molecule has 0 aliphatic rings. The monoisotopic (exact) mass is 248 g/mol. The number of rotatable bonds is 6. The molecule has 98 valence electrons. The number of likely N-dealkylation sites (N-methyl/N-ethyl adjacent to an activating group) is 1. The van der Waals surface area contributed by atoms with Crippen LogP contribution >= 0.6 is 0 Å². The molecule has 0 bridgehead atoms. The Morgan fingerprint density at radius 3 is 2.83 bits per heavy atom. The van der Waals surface area contributed by atoms with Crippen molar-refractivity contribution in [1.82, 2.24) is 9.88 Å². The zero-order valence-corrected chi connectivity index (χ0v) is 11.3. The topological polar surface area (TPSA) is 42.4 Å². The first-order chi connectivity index (χ1) is 8.52. The Morgan fingerprint density at radius 2 is 2.22 bits per heavy atom. The molecule has 0 saturated carbocycles. The Kier molecular flexibility index (Phi) is 5.52. The van der Waals surface area contributed by atoms with Crippen LogP contribution in [0.25, 0.3) is 0 Å². The van der Waals surface area contributed by atoms with Gasteiger partial charge in [0.15, 0.2) is 0 Å². The standard InChI is InChI=1S/C14H20N2O2/c1-5-18-14(17)11(2)9-16(4)10-13-8-6-7-12(3)15-13/h6-8H,2,5,9-10H2,1,3-4H3. The molecule has 1 rings (SSSR count). The summed E-state index contributed by atoms with van der Waals surface area (Å²) >= 11 is 0. The molecule has 4 nitrogen and oxygen atoms in total. The largest absolute Gasteiger partial charge is 0.463 e. The summed E-state index contributed by atoms with van der Waals surface area (Å²) in [5, 5.41) is 0. The van der Waals surface area contributed by atoms with Gasteiger partial charge in [0.1, 0.15) is 0 Å². The first-order valence-corrected chi connectivity index (χ1v) is 5.99. The van der Waals surface area contributed by atoms with Crippen LogP contribution in [0.1, 0.15) is 18.3 Å². The van der Waals surface area contributed by atoms with Gasteiger partial charge in [0.05, 0.1) is 12.3 Å². The van der Waals surface area contributed by atoms with E-state index in [2.05, 4.69) is 11.6 Å². The molecule has 0 fully saturated rings. The van der Waals surface area contributed by atoms with Crippen molar-refractivity contribution >= 4 is 5.97 Å². The number of aromatic nitrogens is 1. The summed E-state index contributed by atoms with van der Waals surface area (Å²) in [6.45, 7) is 9.02. The van der Waals surface area contributed by atoms with Gasteiger partial charge in [0.2, 0.25) is 0 Å². The van der Waals surface area contributed by atoms with Gasteiger partial charge >= 0.3 is 5.97 Å². The fourth-order valence-corrected chi connectivity index (χ4v) is 1.64. The Balaban J connectivity index is 2.49. The molecule has 1 heterocycles. The lowest BCUT2D eigenvalue weighted by Gasteiger charge is -2.17. The molecule has 0 aliphatic carbocycles. The van der Waals surface area contributed by atoms with Crippen molar-refractivity contribution in [3.8, 4) is 0 Å². The highest BCUT2D eigenvalue weighted by atomic mass is 16.5. The van der Waals surface area contributed by atoms with E-state index in [1.165, 1.54) is 0 Å². The predicted octanol–water partition coefficient (Wildman–Crippen LogP) is 1.94. The minimum absolute atomic E-state index is 0.332. The zero-order valence-electron chi connectivity index (χ0n) is 11.3. The lowest BCUT2D eigenvalue weighted by atomic mass is 10.2. The van der Waals surface area contributed by atoms with Crippen LogP contribution in [-0.4, -0.2) is 36.1 Å². The smallest absolute Gasteiger partial charge is 0.334 e. The second-order valence-electron chi connectivity index (χ2n) is 4.27. The molecule has 0 spiro atoms. The number of pyridine rings is 1. The van der Waals surface area contributed by atoms with Gasteiger partial charge in [-0.1, -0.05) is 12.6 Å². The molecule has 0 atom stereocenters. The van der Waals surface area contributed by atoms with Crippen molar-refractivity contribution in [3.05, 3.63) is 41.7 Å². The van der Waals surface area contributed by atoms with Gasteiger partial charge in [-0.2, -0.15) is 0 Å². The van der Waals surface area contributed by atoms with Crippen molar-refractivity contribution in [1.29, 1.82) is 0 Å². The van der Waals surface area contributed by atoms with E-state index >= 15 is 0 Å². The molecule has 0 radical (unpaired) electrons. The van der Waals surface area contributed by atoms with Crippen LogP contribution < -0.4 is 0 Å². The number of nitrogens with zero attached hydrogens (tertiary/aromatic N) is 2. The fourth-order valence-electron chi connectivity index (χ4n) is 1.64. The van der Waals surface area contributed by atoms with Crippen LogP contribution in [0.2, 0.25) is 0 Å². The number of hydrogen-bond acceptors (Lipinski definition) is 4. The molecule has 0 aliphatic heterocycles. The maximum atomic E-state index is 11.4. The number of carbonyl (C=O) groups is 1. The SMILES string of the molecule is C=C(CN(C)Cc1cccc(C)n1)C(=O)OCC. The summed E-state index contributed by atoms with van der Waals surface area (Å²) in [5.74, 6) is -0.332. The maximum absolute atomic E-state index is 11.4. The molecular formula is C14H20N2O2. The first kappa shape index (κ1) is 14.4. The number of carbonyl (C=O) groups excluding carboxylic acids is 1. The van der Waals surface area contributed by atoms with Gasteiger partial charge in [-0.15, -0.1) is 0 Å². The van der Waals surface area contributed by atoms with E-state index in [1.807, 2.05) is 37.1 Å². The van der Waals surface area contributed by atoms with Crippen LogP contribution in [0.15, 0.2) is 30.4 Å². The van der Waals surface area contributed by atoms with Gasteiger partial charge in [0, 0.05) is 24.4 Å². The van der Waals surface area contributed by atoms with Crippen LogP contribution in [0, 0.1) is 6.92 Å². The first-order valence-electron chi connectivity index (χ1n) is 5.99. The molecule has 0 saturated heterocycles. The molecule has 1 aromatic heterocycles. The minimum atomic E-state index is -0.332. The van der Waals surface area contributed by atoms with Gasteiger partial charge in [-0.3, -0.25) is 9.88 Å². The number of esters is 1. The van der Waals surface area contributed by atoms with Gasteiger partial charge in [-0.05, 0) is 33.0 Å². The van der Waals surface area contributed by atoms with E-state index in [-0.39, 0.29) is 5.97 Å². The van der Waals surface area contributed by atoms with Gasteiger partial charge < -0.3 is 4.74 Å². The summed E-state index contributed by atoms with van der Waals surface area (Å²) in [6, 6.07) is 5.91. The van der Waals surface area contributed by atoms with E-state index in [1.54, 1.807) is 6.92 Å². The van der Waals surface area contributed by atoms with E-state index in [0.717, 1.165) is 11.4 Å². The van der Waals surface area contributed by atoms with E-state index in [9.17, 15) is 4.79 Å². The third-order valence-electron chi connectivity index (χ3n) is 2.40. The molecule has 18 heavy (non-hydrogen) atoms. The van der Waals surface area contributed by atoms with Crippen molar-refractivity contribution < 1.29 is 9.53 Å². The highest BCUT2D eigenvalue weighted by molar-refractivity contribution is 5.88. The number of aryl methyl sites for hydroxylation is 1. The van der Waals surface area contributed by atoms with Crippen molar-refractivity contribution in [2.45, 2.75) is 20.4 Å². The molecular weight excluding hydrogens is 228 g/mol. The second kappa shape index (κ2) is 6.91. The van der Waals surface area contributed by atoms with E-state index in [0.29, 0.717) is 25.3 Å². The van der Waals surface area contributed by atoms with Crippen molar-refractivity contribution in [3.63, 3.8) is 0 Å². The average molecular weight is 248 g/mol. The highest BCUT2D eigenvalue weighted by Gasteiger charge is 2.11. The highest BCUT2D eigenvalue weighted by Crippen LogP contribution is 2.04. The lowest BCUT2D eigenvalue weighted by molar-refractivity contribution is -0.138. The van der Waals surface area contributed by atoms with Crippen LogP contribution in [0.3, 0.4) is 0 Å². The second-order valence-corrected chi connectivity index (χ2v) is 4.27. The van der Waals surface area contributed by atoms with Crippen molar-refractivity contribution in [2.75, 3.05) is 20.2 Å². The Bertz CT molecular complexity index is 430.